The first-order valence-corrected chi connectivity index (χ1v) is 5.82. The van der Waals surface area contributed by atoms with Gasteiger partial charge < -0.3 is 5.32 Å². The first-order valence-electron chi connectivity index (χ1n) is 5.82. The summed E-state index contributed by atoms with van der Waals surface area (Å²) in [6.45, 7) is 4.25. The number of hydrogen-bond donors (Lipinski definition) is 2. The van der Waals surface area contributed by atoms with E-state index >= 15 is 0 Å². The summed E-state index contributed by atoms with van der Waals surface area (Å²) in [4.78, 5) is 11.7. The second kappa shape index (κ2) is 6.92. The van der Waals surface area contributed by atoms with E-state index in [2.05, 4.69) is 39.8 Å². The predicted octanol–water partition coefficient (Wildman–Crippen LogP) is 1.29. The Morgan fingerprint density at radius 1 is 1.38 bits per heavy atom. The summed E-state index contributed by atoms with van der Waals surface area (Å²) in [5, 5.41) is 15.9. The van der Waals surface area contributed by atoms with Gasteiger partial charge in [-0.05, 0) is 18.1 Å². The number of rotatable bonds is 7. The Morgan fingerprint density at radius 2 is 2.19 bits per heavy atom. The van der Waals surface area contributed by atoms with Crippen LogP contribution in [0, 0.1) is 0 Å². The van der Waals surface area contributed by atoms with Crippen LogP contribution >= 0.6 is 0 Å². The molecule has 6 nitrogen and oxygen atoms in total. The molecule has 0 saturated carbocycles. The van der Waals surface area contributed by atoms with Crippen LogP contribution in [0.4, 0.5) is 0 Å². The molecule has 1 unspecified atom stereocenters. The summed E-state index contributed by atoms with van der Waals surface area (Å²) < 4.78 is 0. The lowest BCUT2D eigenvalue weighted by Crippen LogP contribution is -2.35. The Kier molecular flexibility index (Phi) is 5.45. The third-order valence-electron chi connectivity index (χ3n) is 2.43. The number of aromatic nitrogens is 4. The molecule has 1 heterocycles. The monoisotopic (exact) mass is 225 g/mol. The molecule has 2 N–H and O–H groups in total. The van der Waals surface area contributed by atoms with Crippen LogP contribution in [0.2, 0.25) is 0 Å². The van der Waals surface area contributed by atoms with E-state index in [4.69, 9.17) is 0 Å². The number of hydrogen-bond acceptors (Lipinski definition) is 4. The molecule has 0 aliphatic rings. The van der Waals surface area contributed by atoms with Crippen molar-refractivity contribution in [3.63, 3.8) is 0 Å². The van der Waals surface area contributed by atoms with E-state index in [0.29, 0.717) is 0 Å². The van der Waals surface area contributed by atoms with Crippen LogP contribution in [0.15, 0.2) is 0 Å². The van der Waals surface area contributed by atoms with Crippen molar-refractivity contribution >= 4 is 5.91 Å². The van der Waals surface area contributed by atoms with Crippen LogP contribution in [-0.2, 0) is 0 Å². The Morgan fingerprint density at radius 3 is 2.75 bits per heavy atom. The average molecular weight is 225 g/mol. The summed E-state index contributed by atoms with van der Waals surface area (Å²) >= 11 is 0. The number of tetrazole rings is 1. The Hall–Kier alpha value is -1.46. The van der Waals surface area contributed by atoms with Crippen LogP contribution < -0.4 is 5.32 Å². The first kappa shape index (κ1) is 12.6. The maximum Gasteiger partial charge on any atom is 0.293 e. The molecule has 16 heavy (non-hydrogen) atoms. The molecule has 1 atom stereocenters. The molecular weight excluding hydrogens is 206 g/mol. The van der Waals surface area contributed by atoms with Crippen LogP contribution in [0.25, 0.3) is 0 Å². The lowest BCUT2D eigenvalue weighted by molar-refractivity contribution is 0.0921. The van der Waals surface area contributed by atoms with Crippen molar-refractivity contribution in [2.75, 3.05) is 0 Å². The molecule has 0 fully saturated rings. The fourth-order valence-electron chi connectivity index (χ4n) is 1.60. The minimum atomic E-state index is -0.247. The van der Waals surface area contributed by atoms with Gasteiger partial charge in [-0.3, -0.25) is 4.79 Å². The summed E-state index contributed by atoms with van der Waals surface area (Å²) in [6, 6.07) is 0.218. The number of unbranched alkanes of at least 4 members (excludes halogenated alkanes) is 1. The van der Waals surface area contributed by atoms with Crippen molar-refractivity contribution in [3.8, 4) is 0 Å². The lowest BCUT2D eigenvalue weighted by Gasteiger charge is -2.16. The highest BCUT2D eigenvalue weighted by atomic mass is 16.2. The Labute approximate surface area is 95.2 Å². The van der Waals surface area contributed by atoms with Crippen molar-refractivity contribution in [1.82, 2.24) is 25.9 Å². The molecule has 0 saturated heterocycles. The zero-order chi connectivity index (χ0) is 11.8. The number of aromatic amines is 1. The molecule has 6 heteroatoms. The van der Waals surface area contributed by atoms with Gasteiger partial charge in [-0.1, -0.05) is 33.1 Å². The fourth-order valence-corrected chi connectivity index (χ4v) is 1.60. The number of amides is 1. The number of nitrogens with zero attached hydrogens (tertiary/aromatic N) is 3. The lowest BCUT2D eigenvalue weighted by atomic mass is 10.1. The zero-order valence-corrected chi connectivity index (χ0v) is 9.86. The smallest absolute Gasteiger partial charge is 0.293 e. The summed E-state index contributed by atoms with van der Waals surface area (Å²) in [5.41, 5.74) is 0. The van der Waals surface area contributed by atoms with E-state index in [0.717, 1.165) is 32.1 Å². The van der Waals surface area contributed by atoms with Gasteiger partial charge in [-0.25, -0.2) is 0 Å². The van der Waals surface area contributed by atoms with Gasteiger partial charge in [0.1, 0.15) is 0 Å². The van der Waals surface area contributed by atoms with E-state index in [1.807, 2.05) is 0 Å². The molecule has 1 aromatic heterocycles. The van der Waals surface area contributed by atoms with Crippen molar-refractivity contribution in [1.29, 1.82) is 0 Å². The van der Waals surface area contributed by atoms with Crippen LogP contribution in [0.3, 0.4) is 0 Å². The van der Waals surface area contributed by atoms with Gasteiger partial charge in [0.2, 0.25) is 0 Å². The van der Waals surface area contributed by atoms with Crippen LogP contribution in [0.1, 0.15) is 56.6 Å². The van der Waals surface area contributed by atoms with Gasteiger partial charge in [-0.15, -0.1) is 10.2 Å². The zero-order valence-electron chi connectivity index (χ0n) is 9.86. The minimum absolute atomic E-state index is 0.109. The molecule has 0 aliphatic heterocycles. The SMILES string of the molecule is CCCCC(CCC)NC(=O)c1nn[nH]n1. The molecule has 1 aromatic rings. The van der Waals surface area contributed by atoms with Gasteiger partial charge in [0.05, 0.1) is 0 Å². The predicted molar refractivity (Wildman–Crippen MR) is 59.9 cm³/mol. The first-order chi connectivity index (χ1) is 7.77. The molecule has 1 rings (SSSR count). The topological polar surface area (TPSA) is 83.6 Å². The van der Waals surface area contributed by atoms with Gasteiger partial charge in [-0.2, -0.15) is 5.21 Å². The van der Waals surface area contributed by atoms with E-state index in [-0.39, 0.29) is 17.8 Å². The van der Waals surface area contributed by atoms with Crippen LogP contribution in [-0.4, -0.2) is 32.6 Å². The molecule has 0 aromatic carbocycles. The van der Waals surface area contributed by atoms with Crippen LogP contribution in [0.5, 0.6) is 0 Å². The molecular formula is C10H19N5O. The quantitative estimate of drug-likeness (QED) is 0.732. The molecule has 0 bridgehead atoms. The third-order valence-corrected chi connectivity index (χ3v) is 2.43. The number of carbonyl (C=O) groups is 1. The molecule has 0 spiro atoms. The number of carbonyl (C=O) groups excluding carboxylic acids is 1. The number of nitrogens with one attached hydrogen (secondary N) is 2. The highest BCUT2D eigenvalue weighted by molar-refractivity contribution is 5.90. The molecule has 1 amide bonds. The van der Waals surface area contributed by atoms with Gasteiger partial charge in [0.15, 0.2) is 0 Å². The second-order valence-electron chi connectivity index (χ2n) is 3.84. The summed E-state index contributed by atoms with van der Waals surface area (Å²) in [6.07, 6.45) is 5.31. The average Bonchev–Trinajstić information content (AvgIpc) is 2.79. The van der Waals surface area contributed by atoms with E-state index < -0.39 is 0 Å². The normalized spacial score (nSPS) is 12.4. The van der Waals surface area contributed by atoms with Crippen molar-refractivity contribution < 1.29 is 4.79 Å². The molecule has 0 aliphatic carbocycles. The maximum absolute atomic E-state index is 11.7. The van der Waals surface area contributed by atoms with E-state index in [9.17, 15) is 4.79 Å². The maximum atomic E-state index is 11.7. The van der Waals surface area contributed by atoms with E-state index in [1.165, 1.54) is 0 Å². The van der Waals surface area contributed by atoms with Gasteiger partial charge >= 0.3 is 0 Å². The highest BCUT2D eigenvalue weighted by Crippen LogP contribution is 2.07. The van der Waals surface area contributed by atoms with Crippen molar-refractivity contribution in [2.24, 2.45) is 0 Å². The molecule has 90 valence electrons. The number of H-pyrrole nitrogens is 1. The molecule has 0 radical (unpaired) electrons. The fraction of sp³-hybridized carbons (Fsp3) is 0.800. The van der Waals surface area contributed by atoms with Gasteiger partial charge in [0.25, 0.3) is 11.7 Å². The van der Waals surface area contributed by atoms with Gasteiger partial charge in [0, 0.05) is 6.04 Å². The van der Waals surface area contributed by atoms with Crippen molar-refractivity contribution in [3.05, 3.63) is 5.82 Å². The van der Waals surface area contributed by atoms with E-state index in [1.54, 1.807) is 0 Å². The minimum Gasteiger partial charge on any atom is -0.346 e. The summed E-state index contributed by atoms with van der Waals surface area (Å²) in [7, 11) is 0. The standard InChI is InChI=1S/C10H19N5O/c1-3-5-7-8(6-4-2)11-10(16)9-12-14-15-13-9/h8H,3-7H2,1-2H3,(H,11,16)(H,12,13,14,15). The Balaban J connectivity index is 2.44. The third kappa shape index (κ3) is 3.96. The second-order valence-corrected chi connectivity index (χ2v) is 3.84. The largest absolute Gasteiger partial charge is 0.346 e. The Bertz CT molecular complexity index is 298. The summed E-state index contributed by atoms with van der Waals surface area (Å²) in [5.74, 6) is -0.138. The highest BCUT2D eigenvalue weighted by Gasteiger charge is 2.15. The van der Waals surface area contributed by atoms with Crippen molar-refractivity contribution in [2.45, 2.75) is 52.0 Å².